The first-order chi connectivity index (χ1) is 14.3. The highest BCUT2D eigenvalue weighted by Crippen LogP contribution is 2.22. The summed E-state index contributed by atoms with van der Waals surface area (Å²) in [5.41, 5.74) is 0.0794. The van der Waals surface area contributed by atoms with E-state index < -0.39 is 22.1 Å². The standard InChI is InChI=1S/C22H34N2O6S/c1-14(2)24(15(3)4)21(25)18(7)30-22(26)19-9-8-10-20(11-19)31(27,28)23-12-16(5)29-17(6)13-23/h8-11,14-18H,12-13H2,1-7H3. The third kappa shape index (κ3) is 6.05. The van der Waals surface area contributed by atoms with Crippen LogP contribution in [0.4, 0.5) is 0 Å². The Morgan fingerprint density at radius 1 is 1.06 bits per heavy atom. The number of amides is 1. The van der Waals surface area contributed by atoms with Gasteiger partial charge < -0.3 is 14.4 Å². The van der Waals surface area contributed by atoms with Crippen molar-refractivity contribution in [2.75, 3.05) is 13.1 Å². The molecule has 1 aromatic rings. The van der Waals surface area contributed by atoms with Gasteiger partial charge in [0.25, 0.3) is 5.91 Å². The Morgan fingerprint density at radius 2 is 1.61 bits per heavy atom. The molecule has 3 atom stereocenters. The van der Waals surface area contributed by atoms with Crippen molar-refractivity contribution < 1.29 is 27.5 Å². The molecule has 1 aliphatic rings. The summed E-state index contributed by atoms with van der Waals surface area (Å²) in [5, 5.41) is 0. The Hall–Kier alpha value is -1.97. The van der Waals surface area contributed by atoms with Gasteiger partial charge in [0, 0.05) is 25.2 Å². The summed E-state index contributed by atoms with van der Waals surface area (Å²) < 4.78 is 38.5. The number of hydrogen-bond acceptors (Lipinski definition) is 6. The Bertz CT molecular complexity index is 881. The molecule has 1 aliphatic heterocycles. The van der Waals surface area contributed by atoms with Crippen LogP contribution in [0.1, 0.15) is 58.8 Å². The van der Waals surface area contributed by atoms with E-state index in [1.165, 1.54) is 35.5 Å². The molecule has 1 fully saturated rings. The first-order valence-corrected chi connectivity index (χ1v) is 12.1. The molecule has 3 unspecified atom stereocenters. The van der Waals surface area contributed by atoms with E-state index >= 15 is 0 Å². The van der Waals surface area contributed by atoms with E-state index in [9.17, 15) is 18.0 Å². The molecule has 1 heterocycles. The first kappa shape index (κ1) is 25.3. The van der Waals surface area contributed by atoms with Gasteiger partial charge in [0.2, 0.25) is 10.0 Å². The summed E-state index contributed by atoms with van der Waals surface area (Å²) in [6.45, 7) is 13.2. The van der Waals surface area contributed by atoms with Gasteiger partial charge in [-0.1, -0.05) is 6.07 Å². The summed E-state index contributed by atoms with van der Waals surface area (Å²) in [4.78, 5) is 27.0. The lowest BCUT2D eigenvalue weighted by atomic mass is 10.2. The lowest BCUT2D eigenvalue weighted by Gasteiger charge is -2.34. The Morgan fingerprint density at radius 3 is 2.13 bits per heavy atom. The fourth-order valence-corrected chi connectivity index (χ4v) is 5.49. The van der Waals surface area contributed by atoms with E-state index in [1.54, 1.807) is 4.90 Å². The molecule has 0 bridgehead atoms. The van der Waals surface area contributed by atoms with Gasteiger partial charge in [-0.3, -0.25) is 4.79 Å². The molecule has 0 radical (unpaired) electrons. The summed E-state index contributed by atoms with van der Waals surface area (Å²) in [6, 6.07) is 5.64. The summed E-state index contributed by atoms with van der Waals surface area (Å²) >= 11 is 0. The topological polar surface area (TPSA) is 93.2 Å². The van der Waals surface area contributed by atoms with E-state index in [0.29, 0.717) is 0 Å². The van der Waals surface area contributed by atoms with Crippen LogP contribution in [0.15, 0.2) is 29.2 Å². The van der Waals surface area contributed by atoms with Gasteiger partial charge in [0.1, 0.15) is 0 Å². The Kier molecular flexibility index (Phi) is 8.24. The SMILES string of the molecule is CC1CN(S(=O)(=O)c2cccc(C(=O)OC(C)C(=O)N(C(C)C)C(C)C)c2)CC(C)O1. The molecule has 0 aliphatic carbocycles. The number of morpholine rings is 1. The predicted octanol–water partition coefficient (Wildman–Crippen LogP) is 2.68. The van der Waals surface area contributed by atoms with Crippen molar-refractivity contribution in [3.8, 4) is 0 Å². The summed E-state index contributed by atoms with van der Waals surface area (Å²) in [5.74, 6) is -1.03. The predicted molar refractivity (Wildman–Crippen MR) is 117 cm³/mol. The van der Waals surface area contributed by atoms with Gasteiger partial charge >= 0.3 is 5.97 Å². The zero-order valence-electron chi connectivity index (χ0n) is 19.4. The second kappa shape index (κ2) is 10.1. The molecule has 0 N–H and O–H groups in total. The second-order valence-corrected chi connectivity index (χ2v) is 10.5. The van der Waals surface area contributed by atoms with Crippen LogP contribution in [0.3, 0.4) is 0 Å². The first-order valence-electron chi connectivity index (χ1n) is 10.6. The zero-order chi connectivity index (χ0) is 23.5. The molecule has 0 saturated carbocycles. The fraction of sp³-hybridized carbons (Fsp3) is 0.636. The molecule has 8 nitrogen and oxygen atoms in total. The van der Waals surface area contributed by atoms with Crippen LogP contribution in [0.2, 0.25) is 0 Å². The van der Waals surface area contributed by atoms with Crippen molar-refractivity contribution in [1.82, 2.24) is 9.21 Å². The highest BCUT2D eigenvalue weighted by molar-refractivity contribution is 7.89. The second-order valence-electron chi connectivity index (χ2n) is 8.59. The quantitative estimate of drug-likeness (QED) is 0.588. The van der Waals surface area contributed by atoms with Crippen molar-refractivity contribution in [1.29, 1.82) is 0 Å². The van der Waals surface area contributed by atoms with Crippen molar-refractivity contribution in [2.45, 2.75) is 83.8 Å². The van der Waals surface area contributed by atoms with Crippen LogP contribution in [0.5, 0.6) is 0 Å². The molecule has 2 rings (SSSR count). The van der Waals surface area contributed by atoms with Crippen LogP contribution in [-0.4, -0.2) is 73.0 Å². The van der Waals surface area contributed by atoms with Gasteiger partial charge in [-0.2, -0.15) is 4.31 Å². The molecular formula is C22H34N2O6S. The number of esters is 1. The third-order valence-electron chi connectivity index (χ3n) is 5.09. The minimum absolute atomic E-state index is 0.00761. The Balaban J connectivity index is 2.19. The summed E-state index contributed by atoms with van der Waals surface area (Å²) in [7, 11) is -3.79. The number of ether oxygens (including phenoxy) is 2. The smallest absolute Gasteiger partial charge is 0.338 e. The maximum Gasteiger partial charge on any atom is 0.338 e. The third-order valence-corrected chi connectivity index (χ3v) is 6.92. The maximum atomic E-state index is 13.1. The van der Waals surface area contributed by atoms with Crippen LogP contribution in [0.25, 0.3) is 0 Å². The maximum absolute atomic E-state index is 13.1. The number of benzene rings is 1. The zero-order valence-corrected chi connectivity index (χ0v) is 20.2. The van der Waals surface area contributed by atoms with Gasteiger partial charge in [0.05, 0.1) is 22.7 Å². The normalized spacial score (nSPS) is 21.2. The molecule has 0 aromatic heterocycles. The van der Waals surface area contributed by atoms with Crippen LogP contribution >= 0.6 is 0 Å². The molecule has 31 heavy (non-hydrogen) atoms. The molecule has 1 saturated heterocycles. The van der Waals surface area contributed by atoms with Gasteiger partial charge in [0.15, 0.2) is 6.10 Å². The van der Waals surface area contributed by atoms with Crippen LogP contribution < -0.4 is 0 Å². The molecule has 0 spiro atoms. The highest BCUT2D eigenvalue weighted by atomic mass is 32.2. The minimum atomic E-state index is -3.79. The molecule has 174 valence electrons. The average molecular weight is 455 g/mol. The van der Waals surface area contributed by atoms with E-state index in [1.807, 2.05) is 41.5 Å². The van der Waals surface area contributed by atoms with Gasteiger partial charge in [-0.05, 0) is 66.7 Å². The largest absolute Gasteiger partial charge is 0.449 e. The number of hydrogen-bond donors (Lipinski definition) is 0. The van der Waals surface area contributed by atoms with E-state index in [-0.39, 0.29) is 53.7 Å². The Labute approximate surface area is 185 Å². The lowest BCUT2D eigenvalue weighted by Crippen LogP contribution is -2.48. The van der Waals surface area contributed by atoms with Crippen molar-refractivity contribution in [3.05, 3.63) is 29.8 Å². The molecule has 1 amide bonds. The minimum Gasteiger partial charge on any atom is -0.449 e. The molecule has 1 aromatic carbocycles. The molecular weight excluding hydrogens is 420 g/mol. The monoisotopic (exact) mass is 454 g/mol. The van der Waals surface area contributed by atoms with E-state index in [4.69, 9.17) is 9.47 Å². The van der Waals surface area contributed by atoms with Gasteiger partial charge in [-0.25, -0.2) is 13.2 Å². The van der Waals surface area contributed by atoms with Crippen molar-refractivity contribution >= 4 is 21.9 Å². The number of nitrogens with zero attached hydrogens (tertiary/aromatic N) is 2. The van der Waals surface area contributed by atoms with Crippen molar-refractivity contribution in [3.63, 3.8) is 0 Å². The number of carbonyl (C=O) groups excluding carboxylic acids is 2. The number of sulfonamides is 1. The van der Waals surface area contributed by atoms with Crippen LogP contribution in [0, 0.1) is 0 Å². The van der Waals surface area contributed by atoms with Crippen LogP contribution in [-0.2, 0) is 24.3 Å². The lowest BCUT2D eigenvalue weighted by molar-refractivity contribution is -0.143. The average Bonchev–Trinajstić information content (AvgIpc) is 2.66. The van der Waals surface area contributed by atoms with E-state index in [2.05, 4.69) is 0 Å². The van der Waals surface area contributed by atoms with Gasteiger partial charge in [-0.15, -0.1) is 0 Å². The summed E-state index contributed by atoms with van der Waals surface area (Å²) in [6.07, 6.45) is -1.43. The highest BCUT2D eigenvalue weighted by Gasteiger charge is 2.33. The van der Waals surface area contributed by atoms with E-state index in [0.717, 1.165) is 0 Å². The number of rotatable bonds is 7. The van der Waals surface area contributed by atoms with Crippen molar-refractivity contribution in [2.24, 2.45) is 0 Å². The molecule has 9 heteroatoms. The fourth-order valence-electron chi connectivity index (χ4n) is 3.85. The number of carbonyl (C=O) groups is 2.